The molecule has 3 rings (SSSR count). The monoisotopic (exact) mass is 390 g/mol. The second kappa shape index (κ2) is 10.1. The van der Waals surface area contributed by atoms with Crippen molar-refractivity contribution in [1.82, 2.24) is 20.4 Å². The van der Waals surface area contributed by atoms with E-state index in [0.29, 0.717) is 30.5 Å². The van der Waals surface area contributed by atoms with E-state index in [1.807, 2.05) is 30.3 Å². The van der Waals surface area contributed by atoms with Crippen LogP contribution in [0.15, 0.2) is 48.2 Å². The molecule has 0 bridgehead atoms. The van der Waals surface area contributed by atoms with E-state index in [0.717, 1.165) is 25.2 Å². The highest BCUT2D eigenvalue weighted by Gasteiger charge is 2.19. The van der Waals surface area contributed by atoms with Crippen LogP contribution in [0.3, 0.4) is 0 Å². The third-order valence-corrected chi connectivity index (χ3v) is 4.12. The molecule has 2 N–H and O–H groups in total. The normalized spacial score (nSPS) is 13.7. The van der Waals surface area contributed by atoms with Crippen LogP contribution in [0.2, 0.25) is 0 Å². The number of nitrogens with zero attached hydrogens (tertiary/aromatic N) is 2. The van der Waals surface area contributed by atoms with Crippen LogP contribution in [0, 0.1) is 5.92 Å². The molecule has 27 heavy (non-hydrogen) atoms. The first-order valence-corrected chi connectivity index (χ1v) is 9.08. The molecule has 0 atom stereocenters. The number of hydrogen-bond acceptors (Lipinski definition) is 4. The van der Waals surface area contributed by atoms with Gasteiger partial charge in [0.1, 0.15) is 0 Å². The van der Waals surface area contributed by atoms with Crippen molar-refractivity contribution in [3.8, 4) is 11.4 Å². The zero-order chi connectivity index (χ0) is 18.4. The van der Waals surface area contributed by atoms with Crippen LogP contribution in [0.5, 0.6) is 5.75 Å². The van der Waals surface area contributed by atoms with E-state index in [1.165, 1.54) is 5.57 Å². The van der Waals surface area contributed by atoms with Crippen LogP contribution in [0.4, 0.5) is 0 Å². The summed E-state index contributed by atoms with van der Waals surface area (Å²) in [5.41, 5.74) is 2.45. The molecule has 0 spiro atoms. The molecular weight excluding hydrogens is 364 g/mol. The molecule has 2 aromatic rings. The number of ether oxygens (including phenoxy) is 1. The second-order valence-corrected chi connectivity index (χ2v) is 6.83. The average Bonchev–Trinajstić information content (AvgIpc) is 3.10. The highest BCUT2D eigenvalue weighted by molar-refractivity contribution is 5.95. The minimum absolute atomic E-state index is 0. The largest absolute Gasteiger partial charge is 0.489 e. The molecule has 0 radical (unpaired) electrons. The minimum Gasteiger partial charge on any atom is -0.489 e. The van der Waals surface area contributed by atoms with Crippen LogP contribution >= 0.6 is 12.4 Å². The van der Waals surface area contributed by atoms with Crippen LogP contribution in [0.25, 0.3) is 5.69 Å². The number of amides is 1. The van der Waals surface area contributed by atoms with Gasteiger partial charge in [-0.3, -0.25) is 4.79 Å². The topological polar surface area (TPSA) is 68.2 Å². The molecule has 1 aliphatic rings. The fraction of sp³-hybridized carbons (Fsp3) is 0.400. The van der Waals surface area contributed by atoms with E-state index in [4.69, 9.17) is 4.74 Å². The van der Waals surface area contributed by atoms with Crippen molar-refractivity contribution >= 4 is 18.3 Å². The van der Waals surface area contributed by atoms with E-state index >= 15 is 0 Å². The van der Waals surface area contributed by atoms with Gasteiger partial charge in [-0.2, -0.15) is 5.10 Å². The lowest BCUT2D eigenvalue weighted by atomic mass is 10.1. The average molecular weight is 391 g/mol. The van der Waals surface area contributed by atoms with Gasteiger partial charge in [0, 0.05) is 13.1 Å². The standard InChI is InChI=1S/C20H26N4O2.ClH/c1-15(2)14-26-18-13-24(17-6-4-3-5-7-17)23-19(18)20(25)22-12-16-8-10-21-11-9-16;/h3-8,13,15,21H,9-12,14H2,1-2H3,(H,22,25);1H. The van der Waals surface area contributed by atoms with E-state index in [9.17, 15) is 4.79 Å². The van der Waals surface area contributed by atoms with Gasteiger partial charge in [-0.15, -0.1) is 12.4 Å². The highest BCUT2D eigenvalue weighted by atomic mass is 35.5. The van der Waals surface area contributed by atoms with Gasteiger partial charge in [0.05, 0.1) is 18.5 Å². The number of carbonyl (C=O) groups is 1. The molecule has 1 aromatic heterocycles. The molecule has 0 aliphatic carbocycles. The van der Waals surface area contributed by atoms with E-state index in [1.54, 1.807) is 10.9 Å². The Morgan fingerprint density at radius 3 is 2.78 bits per heavy atom. The minimum atomic E-state index is -0.210. The lowest BCUT2D eigenvalue weighted by Gasteiger charge is -2.14. The van der Waals surface area contributed by atoms with Crippen molar-refractivity contribution in [3.05, 3.63) is 53.9 Å². The number of carbonyl (C=O) groups excluding carboxylic acids is 1. The molecule has 0 unspecified atom stereocenters. The molecule has 1 amide bonds. The van der Waals surface area contributed by atoms with Gasteiger partial charge in [0.25, 0.3) is 5.91 Å². The lowest BCUT2D eigenvalue weighted by Crippen LogP contribution is -2.30. The predicted molar refractivity (Wildman–Crippen MR) is 109 cm³/mol. The SMILES string of the molecule is CC(C)COc1cn(-c2ccccc2)nc1C(=O)NCC1=CCNCC1.Cl. The summed E-state index contributed by atoms with van der Waals surface area (Å²) in [5.74, 6) is 0.670. The Kier molecular flexibility index (Phi) is 7.88. The number of nitrogens with one attached hydrogen (secondary N) is 2. The van der Waals surface area contributed by atoms with E-state index < -0.39 is 0 Å². The maximum absolute atomic E-state index is 12.7. The number of halogens is 1. The van der Waals surface area contributed by atoms with Crippen molar-refractivity contribution in [3.63, 3.8) is 0 Å². The molecule has 1 aliphatic heterocycles. The smallest absolute Gasteiger partial charge is 0.275 e. The summed E-state index contributed by atoms with van der Waals surface area (Å²) in [7, 11) is 0. The van der Waals surface area contributed by atoms with Gasteiger partial charge in [0.15, 0.2) is 11.4 Å². The highest BCUT2D eigenvalue weighted by Crippen LogP contribution is 2.21. The molecule has 146 valence electrons. The Labute approximate surface area is 166 Å². The number of hydrogen-bond donors (Lipinski definition) is 2. The van der Waals surface area contributed by atoms with Crippen molar-refractivity contribution in [2.75, 3.05) is 26.2 Å². The molecule has 1 aromatic carbocycles. The van der Waals surface area contributed by atoms with E-state index in [-0.39, 0.29) is 18.3 Å². The van der Waals surface area contributed by atoms with Crippen molar-refractivity contribution in [2.24, 2.45) is 5.92 Å². The Morgan fingerprint density at radius 2 is 2.11 bits per heavy atom. The molecule has 0 saturated heterocycles. The first kappa shape index (κ1) is 21.0. The van der Waals surface area contributed by atoms with Gasteiger partial charge < -0.3 is 15.4 Å². The van der Waals surface area contributed by atoms with Crippen molar-refractivity contribution in [1.29, 1.82) is 0 Å². The Morgan fingerprint density at radius 1 is 1.33 bits per heavy atom. The summed E-state index contributed by atoms with van der Waals surface area (Å²) in [6.07, 6.45) is 4.86. The molecule has 0 fully saturated rings. The predicted octanol–water partition coefficient (Wildman–Crippen LogP) is 2.98. The first-order valence-electron chi connectivity index (χ1n) is 9.08. The van der Waals surface area contributed by atoms with Gasteiger partial charge in [-0.1, -0.05) is 43.7 Å². The summed E-state index contributed by atoms with van der Waals surface area (Å²) in [6, 6.07) is 9.72. The van der Waals surface area contributed by atoms with Crippen LogP contribution in [0.1, 0.15) is 30.8 Å². The summed E-state index contributed by atoms with van der Waals surface area (Å²) >= 11 is 0. The van der Waals surface area contributed by atoms with Gasteiger partial charge in [-0.05, 0) is 31.0 Å². The van der Waals surface area contributed by atoms with Gasteiger partial charge in [-0.25, -0.2) is 4.68 Å². The maximum Gasteiger partial charge on any atom is 0.275 e. The molecule has 0 saturated carbocycles. The zero-order valence-electron chi connectivity index (χ0n) is 15.8. The van der Waals surface area contributed by atoms with Crippen molar-refractivity contribution in [2.45, 2.75) is 20.3 Å². The van der Waals surface area contributed by atoms with Crippen molar-refractivity contribution < 1.29 is 9.53 Å². The molecule has 6 nitrogen and oxygen atoms in total. The maximum atomic E-state index is 12.7. The zero-order valence-corrected chi connectivity index (χ0v) is 16.6. The van der Waals surface area contributed by atoms with E-state index in [2.05, 4.69) is 35.7 Å². The first-order chi connectivity index (χ1) is 12.6. The summed E-state index contributed by atoms with van der Waals surface area (Å²) < 4.78 is 7.53. The van der Waals surface area contributed by atoms with Gasteiger partial charge in [0.2, 0.25) is 0 Å². The summed E-state index contributed by atoms with van der Waals surface area (Å²) in [6.45, 7) is 7.04. The fourth-order valence-corrected chi connectivity index (χ4v) is 2.70. The van der Waals surface area contributed by atoms with Crippen LogP contribution in [-0.4, -0.2) is 41.9 Å². The Balaban J connectivity index is 0.00000261. The number of aromatic nitrogens is 2. The Hall–Kier alpha value is -2.31. The molecular formula is C20H27ClN4O2. The molecule has 7 heteroatoms. The Bertz CT molecular complexity index is 772. The lowest BCUT2D eigenvalue weighted by molar-refractivity contribution is 0.0946. The van der Waals surface area contributed by atoms with Crippen LogP contribution < -0.4 is 15.4 Å². The number of benzene rings is 1. The van der Waals surface area contributed by atoms with Gasteiger partial charge >= 0.3 is 0 Å². The summed E-state index contributed by atoms with van der Waals surface area (Å²) in [4.78, 5) is 12.7. The molecule has 2 heterocycles. The number of para-hydroxylation sites is 1. The van der Waals surface area contributed by atoms with Crippen LogP contribution in [-0.2, 0) is 0 Å². The third-order valence-electron chi connectivity index (χ3n) is 4.12. The second-order valence-electron chi connectivity index (χ2n) is 6.83. The third kappa shape index (κ3) is 5.84. The quantitative estimate of drug-likeness (QED) is 0.713. The summed E-state index contributed by atoms with van der Waals surface area (Å²) in [5, 5.41) is 10.7. The fourth-order valence-electron chi connectivity index (χ4n) is 2.70. The number of rotatable bonds is 7.